The number of aromatic nitrogens is 2. The summed E-state index contributed by atoms with van der Waals surface area (Å²) in [5.41, 5.74) is 3.21. The summed E-state index contributed by atoms with van der Waals surface area (Å²) in [5, 5.41) is 3.29. The minimum absolute atomic E-state index is 0.515. The molecule has 0 spiro atoms. The molecule has 1 aromatic carbocycles. The highest BCUT2D eigenvalue weighted by molar-refractivity contribution is 5.56. The summed E-state index contributed by atoms with van der Waals surface area (Å²) in [7, 11) is 0. The molecule has 132 valence electrons. The fourth-order valence-corrected chi connectivity index (χ4v) is 2.91. The molecule has 2 aromatic rings. The highest BCUT2D eigenvalue weighted by atomic mass is 16.1. The number of hydrogen-bond acceptors (Lipinski definition) is 5. The van der Waals surface area contributed by atoms with Crippen LogP contribution < -0.4 is 10.2 Å². The highest BCUT2D eigenvalue weighted by Crippen LogP contribution is 2.21. The predicted molar refractivity (Wildman–Crippen MR) is 100 cm³/mol. The topological polar surface area (TPSA) is 61.4 Å². The van der Waals surface area contributed by atoms with Crippen molar-refractivity contribution < 1.29 is 4.79 Å². The molecule has 1 amide bonds. The van der Waals surface area contributed by atoms with Crippen LogP contribution in [0.1, 0.15) is 31.0 Å². The molecule has 0 bridgehead atoms. The molecule has 1 aliphatic heterocycles. The number of nitrogens with one attached hydrogen (secondary N) is 1. The van der Waals surface area contributed by atoms with Crippen molar-refractivity contribution >= 4 is 23.9 Å². The Bertz CT molecular complexity index is 721. The molecule has 0 aliphatic carbocycles. The number of benzene rings is 1. The standard InChI is InChI=1S/C19H25N5O/c1-14(2)16-4-6-17(7-5-16)21-19-20-15(3)12-18(22-19)24-10-8-23(13-25)9-11-24/h4-7,12-14H,8-11H2,1-3H3,(H,20,21,22). The smallest absolute Gasteiger partial charge is 0.229 e. The van der Waals surface area contributed by atoms with Crippen molar-refractivity contribution in [1.82, 2.24) is 14.9 Å². The van der Waals surface area contributed by atoms with Crippen LogP contribution in [0.3, 0.4) is 0 Å². The van der Waals surface area contributed by atoms with Crippen molar-refractivity contribution in [3.05, 3.63) is 41.6 Å². The van der Waals surface area contributed by atoms with Gasteiger partial charge >= 0.3 is 0 Å². The van der Waals surface area contributed by atoms with Crippen LogP contribution in [0.2, 0.25) is 0 Å². The lowest BCUT2D eigenvalue weighted by Crippen LogP contribution is -2.46. The van der Waals surface area contributed by atoms with Crippen LogP contribution >= 0.6 is 0 Å². The molecule has 1 N–H and O–H groups in total. The predicted octanol–water partition coefficient (Wildman–Crippen LogP) is 2.93. The Hall–Kier alpha value is -2.63. The second-order valence-electron chi connectivity index (χ2n) is 6.72. The molecule has 25 heavy (non-hydrogen) atoms. The van der Waals surface area contributed by atoms with E-state index in [-0.39, 0.29) is 0 Å². The summed E-state index contributed by atoms with van der Waals surface area (Å²) in [6.07, 6.45) is 0.913. The van der Waals surface area contributed by atoms with Crippen molar-refractivity contribution in [3.63, 3.8) is 0 Å². The third kappa shape index (κ3) is 4.26. The zero-order valence-corrected chi connectivity index (χ0v) is 15.1. The van der Waals surface area contributed by atoms with Crippen LogP contribution in [0, 0.1) is 6.92 Å². The molecule has 0 unspecified atom stereocenters. The lowest BCUT2D eigenvalue weighted by Gasteiger charge is -2.33. The summed E-state index contributed by atoms with van der Waals surface area (Å²) < 4.78 is 0. The van der Waals surface area contributed by atoms with Gasteiger partial charge < -0.3 is 15.1 Å². The van der Waals surface area contributed by atoms with Crippen LogP contribution in [0.25, 0.3) is 0 Å². The fourth-order valence-electron chi connectivity index (χ4n) is 2.91. The molecule has 0 radical (unpaired) electrons. The van der Waals surface area contributed by atoms with Gasteiger partial charge in [0.15, 0.2) is 0 Å². The molecule has 1 fully saturated rings. The van der Waals surface area contributed by atoms with Crippen molar-refractivity contribution in [3.8, 4) is 0 Å². The van der Waals surface area contributed by atoms with Crippen molar-refractivity contribution in [2.24, 2.45) is 0 Å². The maximum absolute atomic E-state index is 10.9. The van der Waals surface area contributed by atoms with Gasteiger partial charge in [-0.05, 0) is 30.5 Å². The van der Waals surface area contributed by atoms with Gasteiger partial charge in [0.25, 0.3) is 0 Å². The maximum atomic E-state index is 10.9. The molecule has 1 aromatic heterocycles. The first-order chi connectivity index (χ1) is 12.0. The summed E-state index contributed by atoms with van der Waals surface area (Å²) in [6, 6.07) is 10.4. The van der Waals surface area contributed by atoms with E-state index in [4.69, 9.17) is 0 Å². The highest BCUT2D eigenvalue weighted by Gasteiger charge is 2.17. The number of carbonyl (C=O) groups is 1. The molecular formula is C19H25N5O. The van der Waals surface area contributed by atoms with E-state index in [1.165, 1.54) is 5.56 Å². The van der Waals surface area contributed by atoms with E-state index in [1.54, 1.807) is 4.90 Å². The van der Waals surface area contributed by atoms with Gasteiger partial charge in [-0.3, -0.25) is 4.79 Å². The molecular weight excluding hydrogens is 314 g/mol. The molecule has 1 saturated heterocycles. The van der Waals surface area contributed by atoms with E-state index in [0.717, 1.165) is 49.8 Å². The van der Waals surface area contributed by atoms with Crippen LogP contribution in [0.15, 0.2) is 30.3 Å². The minimum atomic E-state index is 0.515. The SMILES string of the molecule is Cc1cc(N2CCN(C=O)CC2)nc(Nc2ccc(C(C)C)cc2)n1. The number of carbonyl (C=O) groups excluding carboxylic acids is 1. The van der Waals surface area contributed by atoms with Gasteiger partial charge in [0.05, 0.1) is 0 Å². The monoisotopic (exact) mass is 339 g/mol. The lowest BCUT2D eigenvalue weighted by molar-refractivity contribution is -0.118. The lowest BCUT2D eigenvalue weighted by atomic mass is 10.0. The quantitative estimate of drug-likeness (QED) is 0.849. The van der Waals surface area contributed by atoms with E-state index in [2.05, 4.69) is 58.3 Å². The number of hydrogen-bond donors (Lipinski definition) is 1. The average Bonchev–Trinajstić information content (AvgIpc) is 2.62. The Balaban J connectivity index is 1.74. The molecule has 3 rings (SSSR count). The zero-order valence-electron chi connectivity index (χ0n) is 15.1. The second-order valence-corrected chi connectivity index (χ2v) is 6.72. The number of aryl methyl sites for hydroxylation is 1. The van der Waals surface area contributed by atoms with E-state index in [9.17, 15) is 4.79 Å². The normalized spacial score (nSPS) is 14.7. The first-order valence-corrected chi connectivity index (χ1v) is 8.72. The fraction of sp³-hybridized carbons (Fsp3) is 0.421. The largest absolute Gasteiger partial charge is 0.353 e. The van der Waals surface area contributed by atoms with Crippen LogP contribution in [-0.2, 0) is 4.79 Å². The Morgan fingerprint density at radius 2 is 1.76 bits per heavy atom. The van der Waals surface area contributed by atoms with E-state index < -0.39 is 0 Å². The average molecular weight is 339 g/mol. The Labute approximate surface area is 148 Å². The van der Waals surface area contributed by atoms with Crippen molar-refractivity contribution in [2.75, 3.05) is 36.4 Å². The summed E-state index contributed by atoms with van der Waals surface area (Å²) in [4.78, 5) is 24.0. The van der Waals surface area contributed by atoms with Crippen molar-refractivity contribution in [2.45, 2.75) is 26.7 Å². The third-order valence-corrected chi connectivity index (χ3v) is 4.46. The second kappa shape index (κ2) is 7.51. The summed E-state index contributed by atoms with van der Waals surface area (Å²) in [5.74, 6) is 2.02. The number of amides is 1. The zero-order chi connectivity index (χ0) is 17.8. The van der Waals surface area contributed by atoms with E-state index in [0.29, 0.717) is 11.9 Å². The maximum Gasteiger partial charge on any atom is 0.229 e. The van der Waals surface area contributed by atoms with Gasteiger partial charge in [0.2, 0.25) is 12.4 Å². The number of anilines is 3. The number of nitrogens with zero attached hydrogens (tertiary/aromatic N) is 4. The number of rotatable bonds is 5. The van der Waals surface area contributed by atoms with E-state index in [1.807, 2.05) is 13.0 Å². The summed E-state index contributed by atoms with van der Waals surface area (Å²) in [6.45, 7) is 9.37. The van der Waals surface area contributed by atoms with Gasteiger partial charge in [-0.2, -0.15) is 4.98 Å². The molecule has 6 heteroatoms. The minimum Gasteiger partial charge on any atom is -0.353 e. The number of piperazine rings is 1. The molecule has 6 nitrogen and oxygen atoms in total. The Morgan fingerprint density at radius 1 is 1.08 bits per heavy atom. The molecule has 0 atom stereocenters. The van der Waals surface area contributed by atoms with Gasteiger partial charge in [-0.1, -0.05) is 26.0 Å². The van der Waals surface area contributed by atoms with Crippen LogP contribution in [0.4, 0.5) is 17.5 Å². The van der Waals surface area contributed by atoms with Gasteiger partial charge in [-0.25, -0.2) is 4.98 Å². The third-order valence-electron chi connectivity index (χ3n) is 4.46. The Kier molecular flexibility index (Phi) is 5.16. The van der Waals surface area contributed by atoms with Crippen LogP contribution in [-0.4, -0.2) is 47.5 Å². The van der Waals surface area contributed by atoms with Gasteiger partial charge in [-0.15, -0.1) is 0 Å². The first kappa shape index (κ1) is 17.2. The van der Waals surface area contributed by atoms with Crippen LogP contribution in [0.5, 0.6) is 0 Å². The summed E-state index contributed by atoms with van der Waals surface area (Å²) >= 11 is 0. The first-order valence-electron chi connectivity index (χ1n) is 8.72. The van der Waals surface area contributed by atoms with E-state index >= 15 is 0 Å². The van der Waals surface area contributed by atoms with Gasteiger partial charge in [0, 0.05) is 43.6 Å². The van der Waals surface area contributed by atoms with Gasteiger partial charge in [0.1, 0.15) is 5.82 Å². The molecule has 1 aliphatic rings. The molecule has 0 saturated carbocycles. The Morgan fingerprint density at radius 3 is 2.36 bits per heavy atom. The molecule has 2 heterocycles. The van der Waals surface area contributed by atoms with Crippen molar-refractivity contribution in [1.29, 1.82) is 0 Å².